The molecule has 2 fully saturated rings. The minimum Gasteiger partial charge on any atom is -0.368 e. The summed E-state index contributed by atoms with van der Waals surface area (Å²) < 4.78 is 13.9. The number of hydrogen-bond donors (Lipinski definition) is 2. The zero-order valence-electron chi connectivity index (χ0n) is 19.6. The third-order valence-electron chi connectivity index (χ3n) is 7.48. The van der Waals surface area contributed by atoms with Gasteiger partial charge in [0.05, 0.1) is 0 Å². The predicted molar refractivity (Wildman–Crippen MR) is 127 cm³/mol. The molecule has 2 amide bonds. The molecule has 0 saturated carbocycles. The van der Waals surface area contributed by atoms with Crippen LogP contribution in [0.2, 0.25) is 0 Å². The molecule has 4 rings (SSSR count). The van der Waals surface area contributed by atoms with Gasteiger partial charge in [-0.05, 0) is 86.4 Å². The fraction of sp³-hybridized carbons (Fsp3) is 0.462. The second-order valence-corrected chi connectivity index (χ2v) is 9.55. The van der Waals surface area contributed by atoms with Gasteiger partial charge in [-0.15, -0.1) is 5.06 Å². The monoisotopic (exact) mass is 468 g/mol. The molecule has 2 aliphatic heterocycles. The van der Waals surface area contributed by atoms with Crippen LogP contribution < -0.4 is 11.5 Å². The van der Waals surface area contributed by atoms with E-state index in [0.29, 0.717) is 30.0 Å². The van der Waals surface area contributed by atoms with Crippen molar-refractivity contribution in [1.82, 2.24) is 9.96 Å². The van der Waals surface area contributed by atoms with Crippen LogP contribution in [0.25, 0.3) is 0 Å². The lowest BCUT2D eigenvalue weighted by molar-refractivity contribution is -0.206. The lowest BCUT2D eigenvalue weighted by Gasteiger charge is -2.49. The average molecular weight is 469 g/mol. The summed E-state index contributed by atoms with van der Waals surface area (Å²) >= 11 is 0. The number of carbonyl (C=O) groups excluding carboxylic acids is 2. The van der Waals surface area contributed by atoms with E-state index in [-0.39, 0.29) is 5.92 Å². The summed E-state index contributed by atoms with van der Waals surface area (Å²) in [6, 6.07) is 14.7. The molecule has 2 aromatic carbocycles. The molecule has 0 spiro atoms. The van der Waals surface area contributed by atoms with E-state index in [1.165, 1.54) is 22.8 Å². The first-order valence-corrected chi connectivity index (χ1v) is 11.9. The molecule has 2 heterocycles. The van der Waals surface area contributed by atoms with Gasteiger partial charge in [0.25, 0.3) is 0 Å². The fourth-order valence-corrected chi connectivity index (χ4v) is 5.81. The summed E-state index contributed by atoms with van der Waals surface area (Å²) in [7, 11) is 0. The Labute approximate surface area is 199 Å². The number of piperidine rings is 2. The molecule has 2 unspecified atom stereocenters. The highest BCUT2D eigenvalue weighted by atomic mass is 19.1. The van der Waals surface area contributed by atoms with Gasteiger partial charge >= 0.3 is 6.09 Å². The number of nitrogens with two attached hydrogens (primary N) is 2. The second kappa shape index (κ2) is 10.1. The van der Waals surface area contributed by atoms with Crippen molar-refractivity contribution < 1.29 is 18.8 Å². The van der Waals surface area contributed by atoms with Crippen molar-refractivity contribution >= 4 is 12.0 Å². The maximum atomic E-state index is 13.9. The molecular weight excluding hydrogens is 435 g/mol. The molecule has 182 valence electrons. The largest absolute Gasteiger partial charge is 0.423 e. The summed E-state index contributed by atoms with van der Waals surface area (Å²) in [4.78, 5) is 32.5. The van der Waals surface area contributed by atoms with Crippen LogP contribution in [0.5, 0.6) is 0 Å². The van der Waals surface area contributed by atoms with E-state index in [2.05, 4.69) is 29.2 Å². The van der Waals surface area contributed by atoms with E-state index in [9.17, 15) is 14.0 Å². The summed E-state index contributed by atoms with van der Waals surface area (Å²) in [5.41, 5.74) is 12.4. The lowest BCUT2D eigenvalue weighted by atomic mass is 9.69. The van der Waals surface area contributed by atoms with E-state index >= 15 is 0 Å². The zero-order chi connectivity index (χ0) is 24.3. The normalized spacial score (nSPS) is 24.6. The molecule has 34 heavy (non-hydrogen) atoms. The quantitative estimate of drug-likeness (QED) is 0.676. The number of likely N-dealkylation sites (tertiary alicyclic amines) is 1. The van der Waals surface area contributed by atoms with Gasteiger partial charge in [-0.25, -0.2) is 9.18 Å². The van der Waals surface area contributed by atoms with E-state index < -0.39 is 23.4 Å². The molecule has 0 aromatic heterocycles. The number of halogens is 1. The van der Waals surface area contributed by atoms with Crippen LogP contribution in [0, 0.1) is 24.6 Å². The average Bonchev–Trinajstić information content (AvgIpc) is 2.80. The van der Waals surface area contributed by atoms with E-state index in [1.54, 1.807) is 13.0 Å². The van der Waals surface area contributed by atoms with Gasteiger partial charge in [0.15, 0.2) is 5.54 Å². The van der Waals surface area contributed by atoms with Crippen LogP contribution in [-0.2, 0) is 21.7 Å². The van der Waals surface area contributed by atoms with Crippen LogP contribution in [-0.4, -0.2) is 41.6 Å². The smallest absolute Gasteiger partial charge is 0.368 e. The fourth-order valence-electron chi connectivity index (χ4n) is 5.81. The van der Waals surface area contributed by atoms with Gasteiger partial charge < -0.3 is 16.3 Å². The SMILES string of the molecule is Cc1cc(F)ccc1C1(C(N)=O)CC(C2CCN(Cc3ccccc3)CC2)CCN1OC(N)=O. The van der Waals surface area contributed by atoms with E-state index in [1.807, 2.05) is 6.07 Å². The molecule has 2 aromatic rings. The molecule has 0 radical (unpaired) electrons. The number of primary amides is 2. The summed E-state index contributed by atoms with van der Waals surface area (Å²) in [5.74, 6) is -0.401. The molecule has 2 saturated heterocycles. The Bertz CT molecular complexity index is 1030. The third-order valence-corrected chi connectivity index (χ3v) is 7.48. The molecule has 2 atom stereocenters. The van der Waals surface area contributed by atoms with Crippen molar-refractivity contribution in [2.75, 3.05) is 19.6 Å². The van der Waals surface area contributed by atoms with Crippen molar-refractivity contribution in [3.8, 4) is 0 Å². The van der Waals surface area contributed by atoms with Crippen molar-refractivity contribution in [3.05, 3.63) is 71.0 Å². The van der Waals surface area contributed by atoms with Crippen molar-refractivity contribution in [2.45, 2.75) is 44.7 Å². The molecule has 7 nitrogen and oxygen atoms in total. The molecule has 8 heteroatoms. The van der Waals surface area contributed by atoms with Crippen LogP contribution in [0.15, 0.2) is 48.5 Å². The number of benzene rings is 2. The third kappa shape index (κ3) is 4.93. The minimum atomic E-state index is -1.39. The summed E-state index contributed by atoms with van der Waals surface area (Å²) in [5, 5.41) is 1.32. The maximum Gasteiger partial charge on any atom is 0.423 e. The molecule has 0 bridgehead atoms. The number of aryl methyl sites for hydroxylation is 1. The van der Waals surface area contributed by atoms with E-state index in [0.717, 1.165) is 38.9 Å². The Morgan fingerprint density at radius 3 is 2.32 bits per heavy atom. The van der Waals surface area contributed by atoms with Crippen molar-refractivity contribution in [3.63, 3.8) is 0 Å². The van der Waals surface area contributed by atoms with Gasteiger partial charge in [0, 0.05) is 13.1 Å². The Kier molecular flexibility index (Phi) is 7.19. The first-order valence-electron chi connectivity index (χ1n) is 11.9. The standard InChI is InChI=1S/C26H33FN4O3/c1-18-15-22(27)7-8-23(18)26(24(28)32)16-21(11-14-31(26)34-25(29)33)20-9-12-30(13-10-20)17-19-5-3-2-4-6-19/h2-8,15,20-21H,9-14,16-17H2,1H3,(H2,28,32)(H2,29,33). The Balaban J connectivity index is 1.54. The Hall–Kier alpha value is -2.97. The minimum absolute atomic E-state index is 0.212. The molecule has 2 aliphatic rings. The van der Waals surface area contributed by atoms with Gasteiger partial charge in [-0.1, -0.05) is 36.4 Å². The second-order valence-electron chi connectivity index (χ2n) is 9.55. The number of amides is 2. The highest BCUT2D eigenvalue weighted by molar-refractivity contribution is 5.87. The zero-order valence-corrected chi connectivity index (χ0v) is 19.6. The van der Waals surface area contributed by atoms with Gasteiger partial charge in [-0.2, -0.15) is 0 Å². The van der Waals surface area contributed by atoms with Crippen LogP contribution in [0.4, 0.5) is 9.18 Å². The number of rotatable bonds is 6. The van der Waals surface area contributed by atoms with Gasteiger partial charge in [0.2, 0.25) is 5.91 Å². The first kappa shape index (κ1) is 24.2. The van der Waals surface area contributed by atoms with Crippen LogP contribution >= 0.6 is 0 Å². The Morgan fingerprint density at radius 2 is 1.71 bits per heavy atom. The highest BCUT2D eigenvalue weighted by Gasteiger charge is 2.53. The van der Waals surface area contributed by atoms with Crippen molar-refractivity contribution in [2.24, 2.45) is 23.3 Å². The number of hydroxylamine groups is 2. The molecule has 0 aliphatic carbocycles. The topological polar surface area (TPSA) is 102 Å². The lowest BCUT2D eigenvalue weighted by Crippen LogP contribution is -2.60. The first-order chi connectivity index (χ1) is 16.3. The van der Waals surface area contributed by atoms with Gasteiger partial charge in [-0.3, -0.25) is 9.69 Å². The van der Waals surface area contributed by atoms with Crippen LogP contribution in [0.3, 0.4) is 0 Å². The predicted octanol–water partition coefficient (Wildman–Crippen LogP) is 3.45. The number of carbonyl (C=O) groups is 2. The highest BCUT2D eigenvalue weighted by Crippen LogP contribution is 2.46. The number of nitrogens with zero attached hydrogens (tertiary/aromatic N) is 2. The maximum absolute atomic E-state index is 13.9. The van der Waals surface area contributed by atoms with Crippen LogP contribution in [0.1, 0.15) is 42.4 Å². The van der Waals surface area contributed by atoms with Gasteiger partial charge in [0.1, 0.15) is 5.82 Å². The molecular formula is C26H33FN4O3. The summed E-state index contributed by atoms with van der Waals surface area (Å²) in [6.07, 6.45) is 2.19. The summed E-state index contributed by atoms with van der Waals surface area (Å²) in [6.45, 7) is 4.96. The Morgan fingerprint density at radius 1 is 1.03 bits per heavy atom. The van der Waals surface area contributed by atoms with Crippen molar-refractivity contribution in [1.29, 1.82) is 0 Å². The van der Waals surface area contributed by atoms with E-state index in [4.69, 9.17) is 16.3 Å². The number of hydrogen-bond acceptors (Lipinski definition) is 5. The molecule has 4 N–H and O–H groups in total.